The number of carbonyl (C=O) groups is 2. The lowest BCUT2D eigenvalue weighted by Gasteiger charge is -2.52. The van der Waals surface area contributed by atoms with Gasteiger partial charge in [-0.05, 0) is 62.6 Å². The molecule has 0 bridgehead atoms. The summed E-state index contributed by atoms with van der Waals surface area (Å²) < 4.78 is 5.91. The molecule has 1 spiro atoms. The monoisotopic (exact) mass is 525 g/mol. The Balaban J connectivity index is 0.00000320. The third kappa shape index (κ3) is 6.54. The van der Waals surface area contributed by atoms with E-state index < -0.39 is 11.6 Å². The number of nitrogens with one attached hydrogen (secondary N) is 1. The quantitative estimate of drug-likeness (QED) is 0.502. The summed E-state index contributed by atoms with van der Waals surface area (Å²) in [4.78, 5) is 31.9. The topological polar surface area (TPSA) is 61.9 Å². The number of carbonyl (C=O) groups excluding carboxylic acids is 2. The fourth-order valence-electron chi connectivity index (χ4n) is 6.07. The van der Waals surface area contributed by atoms with Crippen molar-refractivity contribution in [2.75, 3.05) is 32.8 Å². The van der Waals surface area contributed by atoms with Gasteiger partial charge in [0.2, 0.25) is 11.8 Å². The summed E-state index contributed by atoms with van der Waals surface area (Å²) >= 11 is 0. The zero-order valence-electron chi connectivity index (χ0n) is 21.6. The second-order valence-corrected chi connectivity index (χ2v) is 10.6. The van der Waals surface area contributed by atoms with Crippen LogP contribution in [0.15, 0.2) is 60.7 Å². The fourth-order valence-corrected chi connectivity index (χ4v) is 6.07. The highest BCUT2D eigenvalue weighted by molar-refractivity contribution is 6.00. The van der Waals surface area contributed by atoms with E-state index in [9.17, 15) is 9.59 Å². The van der Waals surface area contributed by atoms with Gasteiger partial charge in [0.1, 0.15) is 11.6 Å². The van der Waals surface area contributed by atoms with Gasteiger partial charge in [0.15, 0.2) is 0 Å². The standard InChI is InChI=1S/C30H39N3O3.ClH/c34-28-27(22-25-13-5-2-6-14-25)31-29(35)30(33(28)23-26-15-9-21-36-26)16-19-32(20-17-30)18-8-7-12-24-10-3-1-4-11-24;/h1-6,10-11,13-14,26-27H,7-9,12,15-23H2,(H,31,35);1H/t26?,27-;/m1./s1. The van der Waals surface area contributed by atoms with Crippen LogP contribution in [0.25, 0.3) is 0 Å². The Labute approximate surface area is 227 Å². The first-order valence-electron chi connectivity index (χ1n) is 13.7. The number of nitrogens with zero attached hydrogens (tertiary/aromatic N) is 2. The normalized spacial score (nSPS) is 23.6. The molecule has 1 unspecified atom stereocenters. The number of hydrogen-bond donors (Lipinski definition) is 1. The molecule has 7 heteroatoms. The lowest BCUT2D eigenvalue weighted by Crippen LogP contribution is -2.73. The molecule has 1 N–H and O–H groups in total. The summed E-state index contributed by atoms with van der Waals surface area (Å²) in [5.74, 6) is 0.0648. The van der Waals surface area contributed by atoms with Gasteiger partial charge >= 0.3 is 0 Å². The molecule has 2 aromatic carbocycles. The zero-order valence-corrected chi connectivity index (χ0v) is 22.5. The molecule has 0 aliphatic carbocycles. The summed E-state index contributed by atoms with van der Waals surface area (Å²) in [7, 11) is 0. The second kappa shape index (κ2) is 12.9. The molecule has 2 aromatic rings. The molecule has 37 heavy (non-hydrogen) atoms. The molecule has 2 atom stereocenters. The molecule has 0 saturated carbocycles. The number of benzene rings is 2. The maximum atomic E-state index is 13.8. The van der Waals surface area contributed by atoms with E-state index in [1.807, 2.05) is 35.2 Å². The number of piperazine rings is 1. The third-order valence-corrected chi connectivity index (χ3v) is 8.22. The van der Waals surface area contributed by atoms with Crippen molar-refractivity contribution in [2.45, 2.75) is 69.1 Å². The molecular weight excluding hydrogens is 486 g/mol. The molecule has 2 amide bonds. The van der Waals surface area contributed by atoms with Crippen LogP contribution in [-0.4, -0.2) is 72.1 Å². The van der Waals surface area contributed by atoms with E-state index in [0.29, 0.717) is 25.8 Å². The van der Waals surface area contributed by atoms with Gasteiger partial charge in [0.25, 0.3) is 0 Å². The maximum absolute atomic E-state index is 13.8. The van der Waals surface area contributed by atoms with Crippen LogP contribution in [0.4, 0.5) is 0 Å². The van der Waals surface area contributed by atoms with Crippen LogP contribution >= 0.6 is 12.4 Å². The van der Waals surface area contributed by atoms with E-state index in [-0.39, 0.29) is 30.3 Å². The maximum Gasteiger partial charge on any atom is 0.246 e. The molecule has 0 radical (unpaired) electrons. The summed E-state index contributed by atoms with van der Waals surface area (Å²) in [6.07, 6.45) is 7.33. The number of rotatable bonds is 9. The molecule has 6 nitrogen and oxygen atoms in total. The highest BCUT2D eigenvalue weighted by atomic mass is 35.5. The fraction of sp³-hybridized carbons (Fsp3) is 0.533. The average molecular weight is 526 g/mol. The van der Waals surface area contributed by atoms with Crippen LogP contribution in [0.1, 0.15) is 49.7 Å². The SMILES string of the molecule is Cl.O=C1[C@@H](Cc2ccccc2)NC(=O)C2(CCN(CCCCc3ccccc3)CC2)N1CC1CCCO1. The number of likely N-dealkylation sites (tertiary alicyclic amines) is 1. The summed E-state index contributed by atoms with van der Waals surface area (Å²) in [5, 5.41) is 3.13. The lowest BCUT2D eigenvalue weighted by atomic mass is 9.80. The Bertz CT molecular complexity index is 1010. The Morgan fingerprint density at radius 2 is 1.59 bits per heavy atom. The first-order chi connectivity index (χ1) is 17.6. The molecular formula is C30H40ClN3O3. The van der Waals surface area contributed by atoms with Gasteiger partial charge in [-0.2, -0.15) is 0 Å². The molecule has 3 saturated heterocycles. The van der Waals surface area contributed by atoms with Gasteiger partial charge in [-0.1, -0.05) is 60.7 Å². The van der Waals surface area contributed by atoms with Crippen molar-refractivity contribution in [2.24, 2.45) is 0 Å². The van der Waals surface area contributed by atoms with Crippen LogP contribution in [0.5, 0.6) is 0 Å². The molecule has 3 aliphatic heterocycles. The first kappa shape index (κ1) is 27.6. The van der Waals surface area contributed by atoms with Gasteiger partial charge in [0, 0.05) is 32.7 Å². The van der Waals surface area contributed by atoms with Crippen LogP contribution < -0.4 is 5.32 Å². The van der Waals surface area contributed by atoms with Gasteiger partial charge in [-0.15, -0.1) is 12.4 Å². The second-order valence-electron chi connectivity index (χ2n) is 10.6. The van der Waals surface area contributed by atoms with E-state index >= 15 is 0 Å². The van der Waals surface area contributed by atoms with E-state index in [2.05, 4.69) is 40.5 Å². The van der Waals surface area contributed by atoms with Crippen molar-refractivity contribution in [1.29, 1.82) is 0 Å². The van der Waals surface area contributed by atoms with E-state index in [1.54, 1.807) is 0 Å². The minimum absolute atomic E-state index is 0. The predicted molar refractivity (Wildman–Crippen MR) is 148 cm³/mol. The van der Waals surface area contributed by atoms with Crippen molar-refractivity contribution >= 4 is 24.2 Å². The number of amides is 2. The van der Waals surface area contributed by atoms with Crippen molar-refractivity contribution in [3.05, 3.63) is 71.8 Å². The predicted octanol–water partition coefficient (Wildman–Crippen LogP) is 4.01. The minimum Gasteiger partial charge on any atom is -0.376 e. The van der Waals surface area contributed by atoms with E-state index in [4.69, 9.17) is 4.74 Å². The first-order valence-corrected chi connectivity index (χ1v) is 13.7. The van der Waals surface area contributed by atoms with Gasteiger partial charge in [-0.3, -0.25) is 9.59 Å². The summed E-state index contributed by atoms with van der Waals surface area (Å²) in [5.41, 5.74) is 1.70. The Morgan fingerprint density at radius 1 is 0.919 bits per heavy atom. The molecule has 5 rings (SSSR count). The molecule has 3 heterocycles. The molecule has 0 aromatic heterocycles. The Morgan fingerprint density at radius 3 is 2.24 bits per heavy atom. The van der Waals surface area contributed by atoms with Crippen molar-refractivity contribution < 1.29 is 14.3 Å². The van der Waals surface area contributed by atoms with Crippen molar-refractivity contribution in [3.8, 4) is 0 Å². The number of hydrogen-bond acceptors (Lipinski definition) is 4. The van der Waals surface area contributed by atoms with Gasteiger partial charge in [-0.25, -0.2) is 0 Å². The van der Waals surface area contributed by atoms with Crippen LogP contribution in [0.2, 0.25) is 0 Å². The zero-order chi connectivity index (χ0) is 24.8. The molecule has 200 valence electrons. The Kier molecular flexibility index (Phi) is 9.63. The van der Waals surface area contributed by atoms with Crippen LogP contribution in [-0.2, 0) is 27.2 Å². The smallest absolute Gasteiger partial charge is 0.246 e. The number of unbranched alkanes of at least 4 members (excludes halogenated alkanes) is 1. The average Bonchev–Trinajstić information content (AvgIpc) is 3.43. The Hall–Kier alpha value is -2.41. The van der Waals surface area contributed by atoms with E-state index in [0.717, 1.165) is 63.9 Å². The highest BCUT2D eigenvalue weighted by Gasteiger charge is 2.54. The summed E-state index contributed by atoms with van der Waals surface area (Å²) in [6.45, 7) is 4.00. The minimum atomic E-state index is -0.753. The van der Waals surface area contributed by atoms with Crippen molar-refractivity contribution in [3.63, 3.8) is 0 Å². The molecule has 3 fully saturated rings. The molecule has 3 aliphatic rings. The van der Waals surface area contributed by atoms with Crippen LogP contribution in [0.3, 0.4) is 0 Å². The van der Waals surface area contributed by atoms with Crippen LogP contribution in [0, 0.1) is 0 Å². The number of ether oxygens (including phenoxy) is 1. The van der Waals surface area contributed by atoms with Gasteiger partial charge in [0.05, 0.1) is 6.10 Å². The number of piperidine rings is 1. The number of halogens is 1. The summed E-state index contributed by atoms with van der Waals surface area (Å²) in [6, 6.07) is 20.1. The third-order valence-electron chi connectivity index (χ3n) is 8.22. The van der Waals surface area contributed by atoms with Gasteiger partial charge < -0.3 is 19.9 Å². The van der Waals surface area contributed by atoms with Crippen molar-refractivity contribution in [1.82, 2.24) is 15.1 Å². The lowest BCUT2D eigenvalue weighted by molar-refractivity contribution is -0.163. The number of aryl methyl sites for hydroxylation is 1. The largest absolute Gasteiger partial charge is 0.376 e. The highest BCUT2D eigenvalue weighted by Crippen LogP contribution is 2.35. The van der Waals surface area contributed by atoms with E-state index in [1.165, 1.54) is 5.56 Å².